The van der Waals surface area contributed by atoms with Crippen LogP contribution in [0.25, 0.3) is 22.3 Å². The fourth-order valence-corrected chi connectivity index (χ4v) is 3.92. The Morgan fingerprint density at radius 1 is 0.394 bits per heavy atom. The van der Waals surface area contributed by atoms with E-state index in [4.69, 9.17) is 18.9 Å². The van der Waals surface area contributed by atoms with Crippen molar-refractivity contribution in [2.75, 3.05) is 0 Å². The van der Waals surface area contributed by atoms with Gasteiger partial charge in [0.05, 0.1) is 0 Å². The molecule has 0 N–H and O–H groups in total. The maximum absolute atomic E-state index is 14.9. The fraction of sp³-hybridized carbons (Fsp3) is 0.0400. The van der Waals surface area contributed by atoms with E-state index in [1.165, 1.54) is 48.5 Å². The summed E-state index contributed by atoms with van der Waals surface area (Å²) in [5.74, 6) is -4.98. The van der Waals surface area contributed by atoms with Crippen molar-refractivity contribution in [3.8, 4) is 45.3 Å². The summed E-state index contributed by atoms with van der Waals surface area (Å²) in [4.78, 5) is 0. The number of fused-ring (bicyclic) bond motifs is 6. The van der Waals surface area contributed by atoms with Gasteiger partial charge in [-0.1, -0.05) is 48.5 Å². The van der Waals surface area contributed by atoms with Crippen LogP contribution in [0.15, 0.2) is 72.8 Å². The molecule has 0 saturated heterocycles. The number of para-hydroxylation sites is 4. The molecule has 4 aromatic rings. The molecule has 164 valence electrons. The van der Waals surface area contributed by atoms with E-state index in [-0.39, 0.29) is 22.3 Å². The highest BCUT2D eigenvalue weighted by molar-refractivity contribution is 5.78. The van der Waals surface area contributed by atoms with Crippen LogP contribution >= 0.6 is 0 Å². The number of benzene rings is 4. The third-order valence-corrected chi connectivity index (χ3v) is 5.36. The molecule has 0 fully saturated rings. The van der Waals surface area contributed by atoms with Gasteiger partial charge in [-0.2, -0.15) is 0 Å². The minimum Gasteiger partial charge on any atom is -0.382 e. The van der Waals surface area contributed by atoms with Gasteiger partial charge in [-0.05, 0) is 24.3 Å². The number of rotatable bonds is 0. The largest absolute Gasteiger partial charge is 0.611 e. The highest BCUT2D eigenvalue weighted by Crippen LogP contribution is 2.50. The minimum absolute atomic E-state index is 0.139. The third-order valence-electron chi connectivity index (χ3n) is 5.36. The Kier molecular flexibility index (Phi) is 4.07. The van der Waals surface area contributed by atoms with Crippen LogP contribution in [0.2, 0.25) is 0 Å². The summed E-state index contributed by atoms with van der Waals surface area (Å²) in [6, 6.07) is 16.0. The molecule has 0 unspecified atom stereocenters. The predicted molar refractivity (Wildman–Crippen MR) is 109 cm³/mol. The maximum atomic E-state index is 14.9. The van der Waals surface area contributed by atoms with Gasteiger partial charge in [0, 0.05) is 22.3 Å². The summed E-state index contributed by atoms with van der Waals surface area (Å²) in [5, 5.41) is 0. The molecule has 2 aliphatic heterocycles. The SMILES string of the molecule is Fc1cccc2c1OC1(Oc3c(F)cccc3-2)Oc2c(F)cccc2-c2cccc(F)c2O1. The molecular formula is C25H12F4O4. The second kappa shape index (κ2) is 6.90. The second-order valence-electron chi connectivity index (χ2n) is 7.37. The Morgan fingerprint density at radius 3 is 0.879 bits per heavy atom. The quantitative estimate of drug-likeness (QED) is 0.288. The summed E-state index contributed by atoms with van der Waals surface area (Å²) >= 11 is 0. The molecule has 2 aliphatic rings. The highest BCUT2D eigenvalue weighted by atomic mass is 19.1. The molecule has 0 saturated carbocycles. The Balaban J connectivity index is 1.67. The standard InChI is InChI=1S/C25H12F4O4/c26-17-9-1-5-13-14-6-2-10-18(27)22(14)31-25(30-21(13)17)32-23-15(7-3-11-19(23)28)16-8-4-12-20(29)24(16)33-25/h1-12H. The molecule has 0 radical (unpaired) electrons. The Labute approximate surface area is 184 Å². The molecule has 0 aromatic heterocycles. The summed E-state index contributed by atoms with van der Waals surface area (Å²) < 4.78 is 82.5. The zero-order chi connectivity index (χ0) is 22.7. The van der Waals surface area contributed by atoms with Crippen molar-refractivity contribution in [1.82, 2.24) is 0 Å². The van der Waals surface area contributed by atoms with Gasteiger partial charge in [-0.3, -0.25) is 0 Å². The van der Waals surface area contributed by atoms with E-state index in [1.54, 1.807) is 0 Å². The minimum atomic E-state index is -2.80. The van der Waals surface area contributed by atoms with E-state index in [2.05, 4.69) is 0 Å². The molecule has 0 bridgehead atoms. The first-order valence-electron chi connectivity index (χ1n) is 9.86. The zero-order valence-electron chi connectivity index (χ0n) is 16.6. The van der Waals surface area contributed by atoms with E-state index in [9.17, 15) is 17.6 Å². The number of halogens is 4. The van der Waals surface area contributed by atoms with Crippen molar-refractivity contribution in [3.05, 3.63) is 96.1 Å². The molecule has 6 rings (SSSR count). The van der Waals surface area contributed by atoms with E-state index in [0.717, 1.165) is 24.3 Å². The van der Waals surface area contributed by atoms with Crippen LogP contribution in [0.3, 0.4) is 0 Å². The number of ether oxygens (including phenoxy) is 4. The lowest BCUT2D eigenvalue weighted by Crippen LogP contribution is -2.53. The monoisotopic (exact) mass is 452 g/mol. The van der Waals surface area contributed by atoms with Crippen LogP contribution in [0, 0.1) is 23.3 Å². The lowest BCUT2D eigenvalue weighted by atomic mass is 10.0. The fourth-order valence-electron chi connectivity index (χ4n) is 3.92. The number of hydrogen-bond donors (Lipinski definition) is 0. The maximum Gasteiger partial charge on any atom is 0.611 e. The van der Waals surface area contributed by atoms with E-state index in [1.807, 2.05) is 0 Å². The van der Waals surface area contributed by atoms with Crippen molar-refractivity contribution in [2.45, 2.75) is 6.16 Å². The predicted octanol–water partition coefficient (Wildman–Crippen LogP) is 6.43. The first-order valence-corrected chi connectivity index (χ1v) is 9.86. The second-order valence-corrected chi connectivity index (χ2v) is 7.37. The molecule has 1 spiro atoms. The lowest BCUT2D eigenvalue weighted by Gasteiger charge is -2.30. The van der Waals surface area contributed by atoms with Gasteiger partial charge in [-0.15, -0.1) is 0 Å². The van der Waals surface area contributed by atoms with Crippen LogP contribution in [-0.2, 0) is 0 Å². The summed E-state index contributed by atoms with van der Waals surface area (Å²) in [5.41, 5.74) is 0.557. The van der Waals surface area contributed by atoms with Crippen LogP contribution < -0.4 is 18.9 Å². The Bertz CT molecular complexity index is 1220. The van der Waals surface area contributed by atoms with Gasteiger partial charge in [0.15, 0.2) is 46.3 Å². The average Bonchev–Trinajstić information content (AvgIpc) is 3.03. The van der Waals surface area contributed by atoms with Gasteiger partial charge in [0.25, 0.3) is 0 Å². The summed E-state index contributed by atoms with van der Waals surface area (Å²) in [6.07, 6.45) is -2.80. The molecule has 4 nitrogen and oxygen atoms in total. The van der Waals surface area contributed by atoms with Gasteiger partial charge in [-0.25, -0.2) is 17.6 Å². The molecule has 0 aliphatic carbocycles. The van der Waals surface area contributed by atoms with Gasteiger partial charge >= 0.3 is 6.16 Å². The van der Waals surface area contributed by atoms with Gasteiger partial charge in [0.1, 0.15) is 0 Å². The smallest absolute Gasteiger partial charge is 0.382 e. The van der Waals surface area contributed by atoms with Crippen molar-refractivity contribution in [1.29, 1.82) is 0 Å². The lowest BCUT2D eigenvalue weighted by molar-refractivity contribution is -0.367. The first-order chi connectivity index (χ1) is 16.0. The molecule has 0 amide bonds. The topological polar surface area (TPSA) is 36.9 Å². The first kappa shape index (κ1) is 19.5. The zero-order valence-corrected chi connectivity index (χ0v) is 16.6. The van der Waals surface area contributed by atoms with Gasteiger partial charge < -0.3 is 18.9 Å². The average molecular weight is 452 g/mol. The van der Waals surface area contributed by atoms with Crippen LogP contribution in [0.4, 0.5) is 17.6 Å². The van der Waals surface area contributed by atoms with E-state index in [0.29, 0.717) is 0 Å². The van der Waals surface area contributed by atoms with Crippen molar-refractivity contribution in [3.63, 3.8) is 0 Å². The molecular weight excluding hydrogens is 440 g/mol. The third kappa shape index (κ3) is 2.91. The Hall–Kier alpha value is -4.20. The van der Waals surface area contributed by atoms with Gasteiger partial charge in [0.2, 0.25) is 0 Å². The Morgan fingerprint density at radius 2 is 0.636 bits per heavy atom. The van der Waals surface area contributed by atoms with Crippen molar-refractivity contribution in [2.24, 2.45) is 0 Å². The molecule has 4 aromatic carbocycles. The molecule has 2 heterocycles. The summed E-state index contributed by atoms with van der Waals surface area (Å²) in [7, 11) is 0. The van der Waals surface area contributed by atoms with E-state index >= 15 is 0 Å². The molecule has 0 atom stereocenters. The van der Waals surface area contributed by atoms with Crippen molar-refractivity contribution >= 4 is 0 Å². The van der Waals surface area contributed by atoms with Crippen molar-refractivity contribution < 1.29 is 36.5 Å². The summed E-state index contributed by atoms with van der Waals surface area (Å²) in [6.45, 7) is 0. The van der Waals surface area contributed by atoms with Crippen LogP contribution in [0.5, 0.6) is 23.0 Å². The van der Waals surface area contributed by atoms with E-state index < -0.39 is 52.4 Å². The highest BCUT2D eigenvalue weighted by Gasteiger charge is 2.51. The van der Waals surface area contributed by atoms with Crippen LogP contribution in [-0.4, -0.2) is 6.16 Å². The van der Waals surface area contributed by atoms with Crippen LogP contribution in [0.1, 0.15) is 0 Å². The molecule has 8 heteroatoms. The molecule has 33 heavy (non-hydrogen) atoms. The normalized spacial score (nSPS) is 14.7. The number of hydrogen-bond acceptors (Lipinski definition) is 4.